The molecular formula is C12H19N3O3. The summed E-state index contributed by atoms with van der Waals surface area (Å²) in [5.41, 5.74) is 0.737. The number of aromatic nitrogens is 1. The van der Waals surface area contributed by atoms with Crippen LogP contribution < -0.4 is 5.32 Å². The van der Waals surface area contributed by atoms with Crippen LogP contribution in [0.1, 0.15) is 19.0 Å². The van der Waals surface area contributed by atoms with Crippen LogP contribution in [0, 0.1) is 12.8 Å². The number of nitrogens with zero attached hydrogens (tertiary/aromatic N) is 2. The van der Waals surface area contributed by atoms with E-state index in [1.807, 2.05) is 4.90 Å². The number of hydrogen-bond acceptors (Lipinski definition) is 5. The lowest BCUT2D eigenvalue weighted by Gasteiger charge is -2.16. The predicted octanol–water partition coefficient (Wildman–Crippen LogP) is 0.624. The van der Waals surface area contributed by atoms with Crippen LogP contribution in [0.5, 0.6) is 0 Å². The van der Waals surface area contributed by atoms with Crippen LogP contribution in [0.2, 0.25) is 0 Å². The maximum atomic E-state index is 11.8. The van der Waals surface area contributed by atoms with Gasteiger partial charge >= 0.3 is 0 Å². The van der Waals surface area contributed by atoms with Crippen molar-refractivity contribution in [3.8, 4) is 0 Å². The zero-order valence-electron chi connectivity index (χ0n) is 10.7. The number of likely N-dealkylation sites (tertiary alicyclic amines) is 1. The Morgan fingerprint density at radius 2 is 2.56 bits per heavy atom. The van der Waals surface area contributed by atoms with Crippen molar-refractivity contribution in [2.24, 2.45) is 5.92 Å². The van der Waals surface area contributed by atoms with Gasteiger partial charge in [0.2, 0.25) is 11.8 Å². The molecule has 1 aliphatic rings. The van der Waals surface area contributed by atoms with Crippen LogP contribution in [-0.4, -0.2) is 46.8 Å². The Labute approximate surface area is 106 Å². The Hall–Kier alpha value is -1.40. The van der Waals surface area contributed by atoms with Crippen molar-refractivity contribution in [2.75, 3.05) is 25.0 Å². The third kappa shape index (κ3) is 3.30. The molecule has 2 unspecified atom stereocenters. The first kappa shape index (κ1) is 13.0. The van der Waals surface area contributed by atoms with E-state index in [-0.39, 0.29) is 17.9 Å². The van der Waals surface area contributed by atoms with Crippen LogP contribution in [0.4, 0.5) is 5.88 Å². The SMILES string of the molecule is Cc1cc(NC(=O)CN2CCC(C(C)O)C2)on1. The molecular weight excluding hydrogens is 234 g/mol. The molecule has 0 bridgehead atoms. The van der Waals surface area contributed by atoms with E-state index in [2.05, 4.69) is 10.5 Å². The Bertz CT molecular complexity index is 416. The van der Waals surface area contributed by atoms with Crippen molar-refractivity contribution in [3.63, 3.8) is 0 Å². The second-order valence-corrected chi connectivity index (χ2v) is 4.91. The van der Waals surface area contributed by atoms with E-state index in [1.165, 1.54) is 0 Å². The van der Waals surface area contributed by atoms with Crippen molar-refractivity contribution < 1.29 is 14.4 Å². The Kier molecular flexibility index (Phi) is 3.98. The summed E-state index contributed by atoms with van der Waals surface area (Å²) in [7, 11) is 0. The highest BCUT2D eigenvalue weighted by Crippen LogP contribution is 2.19. The number of aryl methyl sites for hydroxylation is 1. The summed E-state index contributed by atoms with van der Waals surface area (Å²) in [5, 5.41) is 15.9. The van der Waals surface area contributed by atoms with Crippen LogP contribution >= 0.6 is 0 Å². The van der Waals surface area contributed by atoms with Crippen molar-refractivity contribution in [2.45, 2.75) is 26.4 Å². The number of aliphatic hydroxyl groups excluding tert-OH is 1. The summed E-state index contributed by atoms with van der Waals surface area (Å²) < 4.78 is 4.92. The minimum atomic E-state index is -0.310. The smallest absolute Gasteiger partial charge is 0.240 e. The van der Waals surface area contributed by atoms with Crippen molar-refractivity contribution >= 4 is 11.8 Å². The second kappa shape index (κ2) is 5.49. The lowest BCUT2D eigenvalue weighted by Crippen LogP contribution is -2.32. The minimum Gasteiger partial charge on any atom is -0.393 e. The summed E-state index contributed by atoms with van der Waals surface area (Å²) in [6.07, 6.45) is 0.627. The molecule has 1 aromatic heterocycles. The maximum Gasteiger partial charge on any atom is 0.240 e. The average Bonchev–Trinajstić information content (AvgIpc) is 2.88. The van der Waals surface area contributed by atoms with Gasteiger partial charge in [-0.3, -0.25) is 15.0 Å². The zero-order chi connectivity index (χ0) is 13.1. The van der Waals surface area contributed by atoms with Gasteiger partial charge in [-0.05, 0) is 32.7 Å². The summed E-state index contributed by atoms with van der Waals surface area (Å²) in [5.74, 6) is 0.534. The molecule has 0 radical (unpaired) electrons. The Morgan fingerprint density at radius 1 is 1.78 bits per heavy atom. The molecule has 0 aliphatic carbocycles. The van der Waals surface area contributed by atoms with Gasteiger partial charge in [-0.25, -0.2) is 0 Å². The molecule has 0 aromatic carbocycles. The van der Waals surface area contributed by atoms with Gasteiger partial charge in [0.15, 0.2) is 0 Å². The largest absolute Gasteiger partial charge is 0.393 e. The Balaban J connectivity index is 1.78. The fourth-order valence-electron chi connectivity index (χ4n) is 2.20. The van der Waals surface area contributed by atoms with E-state index in [0.717, 1.165) is 25.2 Å². The van der Waals surface area contributed by atoms with E-state index >= 15 is 0 Å². The van der Waals surface area contributed by atoms with E-state index < -0.39 is 0 Å². The van der Waals surface area contributed by atoms with Gasteiger partial charge in [0.05, 0.1) is 18.3 Å². The van der Waals surface area contributed by atoms with E-state index in [9.17, 15) is 9.90 Å². The zero-order valence-corrected chi connectivity index (χ0v) is 10.7. The first-order valence-electron chi connectivity index (χ1n) is 6.18. The number of carbonyl (C=O) groups excluding carboxylic acids is 1. The highest BCUT2D eigenvalue weighted by Gasteiger charge is 2.27. The normalized spacial score (nSPS) is 22.1. The van der Waals surface area contributed by atoms with Crippen LogP contribution in [0.25, 0.3) is 0 Å². The molecule has 2 atom stereocenters. The molecule has 1 aromatic rings. The van der Waals surface area contributed by atoms with Gasteiger partial charge in [0, 0.05) is 12.6 Å². The fourth-order valence-corrected chi connectivity index (χ4v) is 2.20. The summed E-state index contributed by atoms with van der Waals surface area (Å²) >= 11 is 0. The van der Waals surface area contributed by atoms with Crippen LogP contribution in [-0.2, 0) is 4.79 Å². The quantitative estimate of drug-likeness (QED) is 0.822. The highest BCUT2D eigenvalue weighted by molar-refractivity contribution is 5.90. The number of hydrogen-bond donors (Lipinski definition) is 2. The van der Waals surface area contributed by atoms with Gasteiger partial charge in [-0.15, -0.1) is 0 Å². The molecule has 2 heterocycles. The molecule has 1 fully saturated rings. The molecule has 6 heteroatoms. The summed E-state index contributed by atoms with van der Waals surface area (Å²) in [6.45, 7) is 5.53. The molecule has 1 amide bonds. The van der Waals surface area contributed by atoms with Gasteiger partial charge in [-0.1, -0.05) is 5.16 Å². The first-order valence-corrected chi connectivity index (χ1v) is 6.18. The van der Waals surface area contributed by atoms with E-state index in [0.29, 0.717) is 12.4 Å². The lowest BCUT2D eigenvalue weighted by molar-refractivity contribution is -0.117. The Morgan fingerprint density at radius 3 is 3.11 bits per heavy atom. The van der Waals surface area contributed by atoms with Gasteiger partial charge in [-0.2, -0.15) is 0 Å². The molecule has 1 saturated heterocycles. The summed E-state index contributed by atoms with van der Waals surface area (Å²) in [6, 6.07) is 1.68. The van der Waals surface area contributed by atoms with Crippen molar-refractivity contribution in [1.82, 2.24) is 10.1 Å². The molecule has 0 saturated carbocycles. The summed E-state index contributed by atoms with van der Waals surface area (Å²) in [4.78, 5) is 13.8. The van der Waals surface area contributed by atoms with Crippen LogP contribution in [0.15, 0.2) is 10.6 Å². The van der Waals surface area contributed by atoms with Gasteiger partial charge < -0.3 is 9.63 Å². The number of rotatable bonds is 4. The minimum absolute atomic E-state index is 0.114. The molecule has 1 aliphatic heterocycles. The molecule has 2 N–H and O–H groups in total. The first-order chi connectivity index (χ1) is 8.54. The van der Waals surface area contributed by atoms with E-state index in [1.54, 1.807) is 19.9 Å². The molecule has 100 valence electrons. The molecule has 6 nitrogen and oxygen atoms in total. The fraction of sp³-hybridized carbons (Fsp3) is 0.667. The topological polar surface area (TPSA) is 78.6 Å². The molecule has 2 rings (SSSR count). The third-order valence-electron chi connectivity index (χ3n) is 3.25. The lowest BCUT2D eigenvalue weighted by atomic mass is 10.0. The number of nitrogens with one attached hydrogen (secondary N) is 1. The number of carbonyl (C=O) groups is 1. The molecule has 0 spiro atoms. The predicted molar refractivity (Wildman–Crippen MR) is 66.1 cm³/mol. The highest BCUT2D eigenvalue weighted by atomic mass is 16.5. The second-order valence-electron chi connectivity index (χ2n) is 4.91. The molecule has 18 heavy (non-hydrogen) atoms. The number of aliphatic hydroxyl groups is 1. The third-order valence-corrected chi connectivity index (χ3v) is 3.25. The standard InChI is InChI=1S/C12H19N3O3/c1-8-5-12(18-14-8)13-11(17)7-15-4-3-10(6-15)9(2)16/h5,9-10,16H,3-4,6-7H2,1-2H3,(H,13,17). The maximum absolute atomic E-state index is 11.8. The van der Waals surface area contributed by atoms with Gasteiger partial charge in [0.25, 0.3) is 0 Å². The van der Waals surface area contributed by atoms with Crippen molar-refractivity contribution in [1.29, 1.82) is 0 Å². The monoisotopic (exact) mass is 253 g/mol. The van der Waals surface area contributed by atoms with Crippen LogP contribution in [0.3, 0.4) is 0 Å². The number of amides is 1. The average molecular weight is 253 g/mol. The van der Waals surface area contributed by atoms with Crippen molar-refractivity contribution in [3.05, 3.63) is 11.8 Å². The van der Waals surface area contributed by atoms with E-state index in [4.69, 9.17) is 4.52 Å². The van der Waals surface area contributed by atoms with Gasteiger partial charge in [0.1, 0.15) is 0 Å². The number of anilines is 1.